The van der Waals surface area contributed by atoms with Crippen LogP contribution < -0.4 is 5.73 Å². The molecule has 19 heavy (non-hydrogen) atoms. The predicted octanol–water partition coefficient (Wildman–Crippen LogP) is 1.00. The Labute approximate surface area is 107 Å². The van der Waals surface area contributed by atoms with Gasteiger partial charge < -0.3 is 20.2 Å². The number of para-hydroxylation sites is 1. The largest absolute Gasteiger partial charge is 0.465 e. The summed E-state index contributed by atoms with van der Waals surface area (Å²) in [6, 6.07) is 4.98. The van der Waals surface area contributed by atoms with E-state index in [1.54, 1.807) is 18.2 Å². The summed E-state index contributed by atoms with van der Waals surface area (Å²) in [5, 5.41) is 8.77. The number of hydrogen-bond donors (Lipinski definition) is 2. The standard InChI is InChI=1S/C12H11N3O4/c13-10(16)7-2-1-3-8-9(7)19-11(14-8)6-4-15(5-6)12(17)18/h1-3,6H,4-5H2,(H2,13,16)(H,17,18). The summed E-state index contributed by atoms with van der Waals surface area (Å²) in [5.41, 5.74) is 6.46. The van der Waals surface area contributed by atoms with Crippen molar-refractivity contribution in [1.82, 2.24) is 9.88 Å². The Morgan fingerprint density at radius 3 is 2.79 bits per heavy atom. The Hall–Kier alpha value is -2.57. The number of carboxylic acid groups (broad SMARTS) is 1. The minimum absolute atomic E-state index is 0.0655. The van der Waals surface area contributed by atoms with Gasteiger partial charge in [0.05, 0.1) is 11.5 Å². The van der Waals surface area contributed by atoms with Crippen molar-refractivity contribution in [2.45, 2.75) is 5.92 Å². The maximum Gasteiger partial charge on any atom is 0.407 e. The van der Waals surface area contributed by atoms with E-state index in [1.807, 2.05) is 0 Å². The third kappa shape index (κ3) is 1.79. The number of carbonyl (C=O) groups excluding carboxylic acids is 1. The number of primary amides is 1. The number of nitrogens with zero attached hydrogens (tertiary/aromatic N) is 2. The van der Waals surface area contributed by atoms with Gasteiger partial charge in [0.1, 0.15) is 5.52 Å². The summed E-state index contributed by atoms with van der Waals surface area (Å²) in [5.74, 6) is -0.195. The number of aromatic nitrogens is 1. The van der Waals surface area contributed by atoms with Crippen LogP contribution in [0.4, 0.5) is 4.79 Å². The lowest BCUT2D eigenvalue weighted by Gasteiger charge is -2.34. The SMILES string of the molecule is NC(=O)c1cccc2nc(C3CN(C(=O)O)C3)oc12. The van der Waals surface area contributed by atoms with Gasteiger partial charge in [0.2, 0.25) is 5.89 Å². The molecule has 1 aromatic heterocycles. The summed E-state index contributed by atoms with van der Waals surface area (Å²) in [7, 11) is 0. The lowest BCUT2D eigenvalue weighted by Crippen LogP contribution is -2.47. The van der Waals surface area contributed by atoms with Crippen LogP contribution >= 0.6 is 0 Å². The maximum atomic E-state index is 11.3. The minimum Gasteiger partial charge on any atom is -0.465 e. The lowest BCUT2D eigenvalue weighted by molar-refractivity contribution is 0.0986. The third-order valence-electron chi connectivity index (χ3n) is 3.20. The van der Waals surface area contributed by atoms with Crippen molar-refractivity contribution < 1.29 is 19.1 Å². The number of benzene rings is 1. The Bertz CT molecular complexity index is 673. The zero-order chi connectivity index (χ0) is 13.6. The lowest BCUT2D eigenvalue weighted by atomic mass is 10.0. The van der Waals surface area contributed by atoms with E-state index in [4.69, 9.17) is 15.3 Å². The van der Waals surface area contributed by atoms with E-state index in [2.05, 4.69) is 4.98 Å². The van der Waals surface area contributed by atoms with Gasteiger partial charge in [-0.15, -0.1) is 0 Å². The highest BCUT2D eigenvalue weighted by Crippen LogP contribution is 2.30. The van der Waals surface area contributed by atoms with Crippen LogP contribution in [0.2, 0.25) is 0 Å². The molecular formula is C12H11N3O4. The molecular weight excluding hydrogens is 250 g/mol. The molecule has 1 aliphatic rings. The van der Waals surface area contributed by atoms with Gasteiger partial charge in [-0.25, -0.2) is 9.78 Å². The molecule has 2 amide bonds. The van der Waals surface area contributed by atoms with Crippen molar-refractivity contribution in [2.24, 2.45) is 5.73 Å². The van der Waals surface area contributed by atoms with Crippen LogP contribution in [0.1, 0.15) is 22.2 Å². The molecule has 0 spiro atoms. The van der Waals surface area contributed by atoms with Crippen LogP contribution in [0.25, 0.3) is 11.1 Å². The summed E-state index contributed by atoms with van der Waals surface area (Å²) < 4.78 is 5.56. The van der Waals surface area contributed by atoms with Gasteiger partial charge in [0, 0.05) is 13.1 Å². The molecule has 0 atom stereocenters. The maximum absolute atomic E-state index is 11.3. The van der Waals surface area contributed by atoms with Crippen molar-refractivity contribution in [3.8, 4) is 0 Å². The topological polar surface area (TPSA) is 110 Å². The van der Waals surface area contributed by atoms with Gasteiger partial charge in [-0.1, -0.05) is 6.07 Å². The molecule has 7 heteroatoms. The highest BCUT2D eigenvalue weighted by atomic mass is 16.4. The number of oxazole rings is 1. The van der Waals surface area contributed by atoms with E-state index < -0.39 is 12.0 Å². The molecule has 7 nitrogen and oxygen atoms in total. The summed E-state index contributed by atoms with van der Waals surface area (Å²) in [6.45, 7) is 0.710. The van der Waals surface area contributed by atoms with E-state index in [-0.39, 0.29) is 11.5 Å². The number of hydrogen-bond acceptors (Lipinski definition) is 4. The molecule has 3 N–H and O–H groups in total. The molecule has 0 aliphatic carbocycles. The highest BCUT2D eigenvalue weighted by molar-refractivity contribution is 6.03. The quantitative estimate of drug-likeness (QED) is 0.838. The van der Waals surface area contributed by atoms with E-state index >= 15 is 0 Å². The zero-order valence-electron chi connectivity index (χ0n) is 9.87. The van der Waals surface area contributed by atoms with Crippen LogP contribution in [0.5, 0.6) is 0 Å². The number of amides is 2. The number of rotatable bonds is 2. The number of fused-ring (bicyclic) bond motifs is 1. The van der Waals surface area contributed by atoms with Gasteiger partial charge in [-0.3, -0.25) is 4.79 Å². The Balaban J connectivity index is 1.93. The van der Waals surface area contributed by atoms with Gasteiger partial charge in [0.15, 0.2) is 5.58 Å². The molecule has 0 saturated carbocycles. The molecule has 3 rings (SSSR count). The second kappa shape index (κ2) is 3.98. The highest BCUT2D eigenvalue weighted by Gasteiger charge is 2.35. The van der Waals surface area contributed by atoms with Gasteiger partial charge in [-0.2, -0.15) is 0 Å². The summed E-state index contributed by atoms with van der Waals surface area (Å²) >= 11 is 0. The molecule has 0 bridgehead atoms. The number of nitrogens with two attached hydrogens (primary N) is 1. The van der Waals surface area contributed by atoms with Crippen LogP contribution in [-0.2, 0) is 0 Å². The van der Waals surface area contributed by atoms with Gasteiger partial charge >= 0.3 is 6.09 Å². The normalized spacial score (nSPS) is 15.5. The molecule has 2 heterocycles. The molecule has 1 aromatic carbocycles. The fourth-order valence-corrected chi connectivity index (χ4v) is 2.13. The first-order chi connectivity index (χ1) is 9.06. The second-order valence-electron chi connectivity index (χ2n) is 4.45. The van der Waals surface area contributed by atoms with Crippen LogP contribution in [0.15, 0.2) is 22.6 Å². The van der Waals surface area contributed by atoms with Crippen molar-refractivity contribution in [3.63, 3.8) is 0 Å². The molecule has 1 fully saturated rings. The van der Waals surface area contributed by atoms with Crippen LogP contribution in [-0.4, -0.2) is 40.1 Å². The van der Waals surface area contributed by atoms with Crippen LogP contribution in [0, 0.1) is 0 Å². The Morgan fingerprint density at radius 2 is 2.16 bits per heavy atom. The van der Waals surface area contributed by atoms with Crippen molar-refractivity contribution in [1.29, 1.82) is 0 Å². The second-order valence-corrected chi connectivity index (χ2v) is 4.45. The van der Waals surface area contributed by atoms with E-state index in [9.17, 15) is 9.59 Å². The Morgan fingerprint density at radius 1 is 1.42 bits per heavy atom. The summed E-state index contributed by atoms with van der Waals surface area (Å²) in [6.07, 6.45) is -0.954. The van der Waals surface area contributed by atoms with Gasteiger partial charge in [0.25, 0.3) is 5.91 Å². The third-order valence-corrected chi connectivity index (χ3v) is 3.20. The van der Waals surface area contributed by atoms with Crippen molar-refractivity contribution >= 4 is 23.1 Å². The first-order valence-corrected chi connectivity index (χ1v) is 5.73. The van der Waals surface area contributed by atoms with E-state index in [1.165, 1.54) is 4.90 Å². The molecule has 0 unspecified atom stereocenters. The van der Waals surface area contributed by atoms with E-state index in [0.717, 1.165) is 0 Å². The minimum atomic E-state index is -0.954. The molecule has 2 aromatic rings. The first kappa shape index (κ1) is 11.5. The molecule has 1 saturated heterocycles. The van der Waals surface area contributed by atoms with E-state index in [0.29, 0.717) is 30.1 Å². The number of likely N-dealkylation sites (tertiary alicyclic amines) is 1. The summed E-state index contributed by atoms with van der Waals surface area (Å²) in [4.78, 5) is 27.5. The average Bonchev–Trinajstić information content (AvgIpc) is 2.68. The fraction of sp³-hybridized carbons (Fsp3) is 0.250. The van der Waals surface area contributed by atoms with Crippen molar-refractivity contribution in [2.75, 3.05) is 13.1 Å². The average molecular weight is 261 g/mol. The monoisotopic (exact) mass is 261 g/mol. The smallest absolute Gasteiger partial charge is 0.407 e. The van der Waals surface area contributed by atoms with Crippen molar-refractivity contribution in [3.05, 3.63) is 29.7 Å². The molecule has 98 valence electrons. The molecule has 0 radical (unpaired) electrons. The molecule has 1 aliphatic heterocycles. The predicted molar refractivity (Wildman–Crippen MR) is 64.9 cm³/mol. The Kier molecular flexibility index (Phi) is 2.41. The van der Waals surface area contributed by atoms with Gasteiger partial charge in [-0.05, 0) is 12.1 Å². The fourth-order valence-electron chi connectivity index (χ4n) is 2.13. The van der Waals surface area contributed by atoms with Crippen LogP contribution in [0.3, 0.4) is 0 Å². The number of carbonyl (C=O) groups is 2. The zero-order valence-corrected chi connectivity index (χ0v) is 9.87. The first-order valence-electron chi connectivity index (χ1n) is 5.73.